The van der Waals surface area contributed by atoms with E-state index in [1.165, 1.54) is 19.4 Å². The van der Waals surface area contributed by atoms with E-state index < -0.39 is 0 Å². The van der Waals surface area contributed by atoms with Gasteiger partial charge in [0.25, 0.3) is 0 Å². The molecule has 0 heterocycles. The van der Waals surface area contributed by atoms with Crippen LogP contribution in [-0.2, 0) is 0 Å². The Hall–Kier alpha value is -0.0800. The monoisotopic (exact) mass is 158 g/mol. The van der Waals surface area contributed by atoms with E-state index in [1.54, 1.807) is 0 Å². The zero-order valence-corrected chi connectivity index (χ0v) is 8.14. The lowest BCUT2D eigenvalue weighted by molar-refractivity contribution is 0.210. The lowest BCUT2D eigenvalue weighted by Crippen LogP contribution is -2.37. The fraction of sp³-hybridized carbons (Fsp3) is 1.00. The van der Waals surface area contributed by atoms with Gasteiger partial charge in [-0.15, -0.1) is 0 Å². The van der Waals surface area contributed by atoms with Crippen molar-refractivity contribution in [2.75, 3.05) is 19.6 Å². The SMILES string of the molecule is CCCN(CCN)C(C)CC. The van der Waals surface area contributed by atoms with Gasteiger partial charge in [-0.1, -0.05) is 13.8 Å². The number of hydrogen-bond donors (Lipinski definition) is 1. The Kier molecular flexibility index (Phi) is 6.57. The molecule has 0 aliphatic heterocycles. The van der Waals surface area contributed by atoms with Gasteiger partial charge >= 0.3 is 0 Å². The first-order valence-electron chi connectivity index (χ1n) is 4.70. The zero-order valence-electron chi connectivity index (χ0n) is 8.14. The molecule has 0 aromatic carbocycles. The minimum Gasteiger partial charge on any atom is -0.329 e. The van der Waals surface area contributed by atoms with E-state index >= 15 is 0 Å². The average Bonchev–Trinajstić information content (AvgIpc) is 2.03. The molecule has 0 spiro atoms. The summed E-state index contributed by atoms with van der Waals surface area (Å²) in [5, 5.41) is 0. The molecule has 0 aromatic rings. The van der Waals surface area contributed by atoms with Gasteiger partial charge in [0.15, 0.2) is 0 Å². The van der Waals surface area contributed by atoms with E-state index in [1.807, 2.05) is 0 Å². The molecule has 0 saturated heterocycles. The Morgan fingerprint density at radius 3 is 2.27 bits per heavy atom. The highest BCUT2D eigenvalue weighted by molar-refractivity contribution is 4.64. The minimum atomic E-state index is 0.693. The van der Waals surface area contributed by atoms with Crippen molar-refractivity contribution in [2.45, 2.75) is 39.7 Å². The summed E-state index contributed by atoms with van der Waals surface area (Å²) in [6.07, 6.45) is 2.45. The van der Waals surface area contributed by atoms with Gasteiger partial charge in [0.2, 0.25) is 0 Å². The Balaban J connectivity index is 3.66. The number of nitrogens with two attached hydrogens (primary N) is 1. The summed E-state index contributed by atoms with van der Waals surface area (Å²) in [6.45, 7) is 9.72. The minimum absolute atomic E-state index is 0.693. The van der Waals surface area contributed by atoms with Crippen LogP contribution in [0.3, 0.4) is 0 Å². The molecule has 0 amide bonds. The highest BCUT2D eigenvalue weighted by Gasteiger charge is 2.08. The quantitative estimate of drug-likeness (QED) is 0.634. The second-order valence-electron chi connectivity index (χ2n) is 3.08. The molecule has 68 valence electrons. The molecule has 0 saturated carbocycles. The molecule has 0 radical (unpaired) electrons. The van der Waals surface area contributed by atoms with Crippen molar-refractivity contribution in [1.29, 1.82) is 0 Å². The molecular weight excluding hydrogens is 136 g/mol. The van der Waals surface area contributed by atoms with Crippen LogP contribution >= 0.6 is 0 Å². The fourth-order valence-electron chi connectivity index (χ4n) is 1.26. The van der Waals surface area contributed by atoms with Crippen LogP contribution in [0.4, 0.5) is 0 Å². The van der Waals surface area contributed by atoms with Crippen molar-refractivity contribution in [2.24, 2.45) is 5.73 Å². The number of hydrogen-bond acceptors (Lipinski definition) is 2. The molecule has 0 rings (SSSR count). The first-order valence-corrected chi connectivity index (χ1v) is 4.70. The predicted octanol–water partition coefficient (Wildman–Crippen LogP) is 1.46. The summed E-state index contributed by atoms with van der Waals surface area (Å²) < 4.78 is 0. The van der Waals surface area contributed by atoms with E-state index in [9.17, 15) is 0 Å². The lowest BCUT2D eigenvalue weighted by atomic mass is 10.2. The molecule has 2 heteroatoms. The molecule has 0 bridgehead atoms. The molecular formula is C9H22N2. The Morgan fingerprint density at radius 1 is 1.27 bits per heavy atom. The standard InChI is InChI=1S/C9H22N2/c1-4-7-11(8-6-10)9(3)5-2/h9H,4-8,10H2,1-3H3. The van der Waals surface area contributed by atoms with E-state index in [0.717, 1.165) is 13.1 Å². The van der Waals surface area contributed by atoms with Crippen LogP contribution in [0.15, 0.2) is 0 Å². The van der Waals surface area contributed by atoms with Crippen LogP contribution in [0.25, 0.3) is 0 Å². The van der Waals surface area contributed by atoms with Gasteiger partial charge in [-0.25, -0.2) is 0 Å². The molecule has 0 aliphatic rings. The van der Waals surface area contributed by atoms with Gasteiger partial charge in [-0.3, -0.25) is 4.90 Å². The summed E-state index contributed by atoms with van der Waals surface area (Å²) in [7, 11) is 0. The van der Waals surface area contributed by atoms with Gasteiger partial charge in [0.05, 0.1) is 0 Å². The van der Waals surface area contributed by atoms with Crippen LogP contribution in [0, 0.1) is 0 Å². The molecule has 1 atom stereocenters. The summed E-state index contributed by atoms with van der Waals surface area (Å²) >= 11 is 0. The highest BCUT2D eigenvalue weighted by atomic mass is 15.1. The predicted molar refractivity (Wildman–Crippen MR) is 50.7 cm³/mol. The summed E-state index contributed by atoms with van der Waals surface area (Å²) in [4.78, 5) is 2.46. The van der Waals surface area contributed by atoms with Crippen LogP contribution in [-0.4, -0.2) is 30.6 Å². The van der Waals surface area contributed by atoms with Gasteiger partial charge in [-0.05, 0) is 26.3 Å². The molecule has 0 fully saturated rings. The van der Waals surface area contributed by atoms with E-state index in [0.29, 0.717) is 6.04 Å². The molecule has 2 N–H and O–H groups in total. The number of rotatable bonds is 6. The summed E-state index contributed by atoms with van der Waals surface area (Å²) in [5.41, 5.74) is 5.51. The first kappa shape index (κ1) is 10.9. The number of nitrogens with zero attached hydrogens (tertiary/aromatic N) is 1. The zero-order chi connectivity index (χ0) is 8.69. The molecule has 11 heavy (non-hydrogen) atoms. The lowest BCUT2D eigenvalue weighted by Gasteiger charge is -2.27. The van der Waals surface area contributed by atoms with E-state index in [-0.39, 0.29) is 0 Å². The summed E-state index contributed by atoms with van der Waals surface area (Å²) in [6, 6.07) is 0.693. The fourth-order valence-corrected chi connectivity index (χ4v) is 1.26. The Bertz CT molecular complexity index is 77.6. The van der Waals surface area contributed by atoms with Crippen molar-refractivity contribution < 1.29 is 0 Å². The average molecular weight is 158 g/mol. The molecule has 2 nitrogen and oxygen atoms in total. The molecule has 0 aromatic heterocycles. The second-order valence-corrected chi connectivity index (χ2v) is 3.08. The van der Waals surface area contributed by atoms with E-state index in [4.69, 9.17) is 5.73 Å². The molecule has 0 aliphatic carbocycles. The van der Waals surface area contributed by atoms with Crippen molar-refractivity contribution in [3.8, 4) is 0 Å². The second kappa shape index (κ2) is 6.62. The van der Waals surface area contributed by atoms with E-state index in [2.05, 4.69) is 25.7 Å². The third-order valence-corrected chi connectivity index (χ3v) is 2.14. The largest absolute Gasteiger partial charge is 0.329 e. The van der Waals surface area contributed by atoms with Gasteiger partial charge < -0.3 is 5.73 Å². The van der Waals surface area contributed by atoms with Crippen LogP contribution in [0.5, 0.6) is 0 Å². The van der Waals surface area contributed by atoms with Crippen LogP contribution in [0.1, 0.15) is 33.6 Å². The Labute approximate surface area is 70.8 Å². The van der Waals surface area contributed by atoms with Crippen molar-refractivity contribution in [1.82, 2.24) is 4.90 Å². The van der Waals surface area contributed by atoms with Gasteiger partial charge in [0.1, 0.15) is 0 Å². The maximum atomic E-state index is 5.51. The van der Waals surface area contributed by atoms with Crippen molar-refractivity contribution >= 4 is 0 Å². The maximum Gasteiger partial charge on any atom is 0.0107 e. The normalized spacial score (nSPS) is 13.9. The van der Waals surface area contributed by atoms with Crippen molar-refractivity contribution in [3.05, 3.63) is 0 Å². The van der Waals surface area contributed by atoms with Gasteiger partial charge in [0, 0.05) is 19.1 Å². The maximum absolute atomic E-state index is 5.51. The smallest absolute Gasteiger partial charge is 0.0107 e. The van der Waals surface area contributed by atoms with Crippen LogP contribution < -0.4 is 5.73 Å². The highest BCUT2D eigenvalue weighted by Crippen LogP contribution is 2.02. The topological polar surface area (TPSA) is 29.3 Å². The third-order valence-electron chi connectivity index (χ3n) is 2.14. The third kappa shape index (κ3) is 4.38. The molecule has 1 unspecified atom stereocenters. The summed E-state index contributed by atoms with van der Waals surface area (Å²) in [5.74, 6) is 0. The van der Waals surface area contributed by atoms with Gasteiger partial charge in [-0.2, -0.15) is 0 Å². The van der Waals surface area contributed by atoms with Crippen molar-refractivity contribution in [3.63, 3.8) is 0 Å². The first-order chi connectivity index (χ1) is 5.26. The Morgan fingerprint density at radius 2 is 1.91 bits per heavy atom. The van der Waals surface area contributed by atoms with Crippen LogP contribution in [0.2, 0.25) is 0 Å².